The van der Waals surface area contributed by atoms with Gasteiger partial charge in [-0.05, 0) is 0 Å². The Bertz CT molecular complexity index is 493. The number of benzene rings is 1. The number of hydrogen-bond acceptors (Lipinski definition) is 4. The van der Waals surface area contributed by atoms with Crippen LogP contribution in [0.3, 0.4) is 0 Å². The summed E-state index contributed by atoms with van der Waals surface area (Å²) in [5.74, 6) is -1.99. The summed E-state index contributed by atoms with van der Waals surface area (Å²) in [7, 11) is 0. The van der Waals surface area contributed by atoms with Crippen molar-refractivity contribution in [2.75, 3.05) is 52.4 Å². The number of rotatable bonds is 3. The van der Waals surface area contributed by atoms with Gasteiger partial charge in [-0.25, -0.2) is 0 Å². The van der Waals surface area contributed by atoms with E-state index in [-0.39, 0.29) is 0 Å². The molecule has 0 bridgehead atoms. The van der Waals surface area contributed by atoms with Crippen LogP contribution in [0.25, 0.3) is 0 Å². The third kappa shape index (κ3) is 1.45. The number of hydrogen-bond donors (Lipinski definition) is 0. The second kappa shape index (κ2) is 4.52. The van der Waals surface area contributed by atoms with Crippen LogP contribution in [0.1, 0.15) is 5.56 Å². The Kier molecular flexibility index (Phi) is 2.89. The summed E-state index contributed by atoms with van der Waals surface area (Å²) in [5.41, 5.74) is 1.54. The fraction of sp³-hybridized carbons (Fsp3) is 0.600. The van der Waals surface area contributed by atoms with E-state index in [9.17, 15) is 0 Å². The summed E-state index contributed by atoms with van der Waals surface area (Å²) in [6.07, 6.45) is 0. The van der Waals surface area contributed by atoms with E-state index in [0.29, 0.717) is 14.5 Å². The van der Waals surface area contributed by atoms with Gasteiger partial charge in [-0.15, -0.1) is 0 Å². The summed E-state index contributed by atoms with van der Waals surface area (Å²) in [6.45, 7) is 10.6. The zero-order chi connectivity index (χ0) is 13.9. The fourth-order valence-corrected chi connectivity index (χ4v) is 22.6. The van der Waals surface area contributed by atoms with Crippen molar-refractivity contribution in [3.63, 3.8) is 0 Å². The molecule has 114 valence electrons. The second-order valence-corrected chi connectivity index (χ2v) is 17.0. The van der Waals surface area contributed by atoms with Crippen molar-refractivity contribution in [3.8, 4) is 0 Å². The van der Waals surface area contributed by atoms with Gasteiger partial charge in [-0.3, -0.25) is 0 Å². The van der Waals surface area contributed by atoms with Gasteiger partial charge < -0.3 is 0 Å². The molecular weight excluding hydrogens is 346 g/mol. The average molecular weight is 369 g/mol. The molecule has 0 N–H and O–H groups in total. The Balaban J connectivity index is 1.56. The van der Waals surface area contributed by atoms with E-state index in [1.165, 1.54) is 57.7 Å². The van der Waals surface area contributed by atoms with Gasteiger partial charge in [0, 0.05) is 0 Å². The quantitative estimate of drug-likeness (QED) is 0.588. The molecule has 0 aliphatic carbocycles. The first-order valence-electron chi connectivity index (χ1n) is 8.07. The Morgan fingerprint density at radius 2 is 1.14 bits per heavy atom. The molecule has 1 spiro atoms. The van der Waals surface area contributed by atoms with E-state index in [1.807, 2.05) is 0 Å². The van der Waals surface area contributed by atoms with E-state index in [2.05, 4.69) is 49.0 Å². The molecular formula is C15H23N4PSe. The molecule has 4 saturated heterocycles. The number of nitrogens with zero attached hydrogens (tertiary/aromatic N) is 4. The summed E-state index contributed by atoms with van der Waals surface area (Å²) >= 11 is 0.660. The van der Waals surface area contributed by atoms with Crippen molar-refractivity contribution in [2.24, 2.45) is 0 Å². The van der Waals surface area contributed by atoms with Crippen LogP contribution in [-0.4, -0.2) is 85.6 Å². The zero-order valence-electron chi connectivity index (χ0n) is 12.4. The maximum absolute atomic E-state index is 2.95. The van der Waals surface area contributed by atoms with Crippen LogP contribution in [0.2, 0.25) is 0 Å². The molecule has 4 heterocycles. The van der Waals surface area contributed by atoms with Crippen molar-refractivity contribution in [3.05, 3.63) is 35.9 Å². The van der Waals surface area contributed by atoms with Crippen molar-refractivity contribution >= 4 is 20.4 Å². The molecule has 0 unspecified atom stereocenters. The van der Waals surface area contributed by atoms with E-state index >= 15 is 0 Å². The van der Waals surface area contributed by atoms with Crippen molar-refractivity contribution in [1.82, 2.24) is 18.7 Å². The summed E-state index contributed by atoms with van der Waals surface area (Å²) in [6, 6.07) is 11.2. The normalized spacial score (nSPS) is 32.9. The summed E-state index contributed by atoms with van der Waals surface area (Å²) < 4.78 is 11.8. The monoisotopic (exact) mass is 370 g/mol. The van der Waals surface area contributed by atoms with Crippen LogP contribution in [0.5, 0.6) is 0 Å². The van der Waals surface area contributed by atoms with E-state index in [0.717, 1.165) is 0 Å². The van der Waals surface area contributed by atoms with E-state index in [1.54, 1.807) is 5.56 Å². The predicted molar refractivity (Wildman–Crippen MR) is 89.1 cm³/mol. The Morgan fingerprint density at radius 3 is 1.57 bits per heavy atom. The van der Waals surface area contributed by atoms with E-state index in [4.69, 9.17) is 0 Å². The maximum atomic E-state index is 2.95. The Morgan fingerprint density at radius 1 is 0.714 bits per heavy atom. The molecule has 1 aromatic rings. The summed E-state index contributed by atoms with van der Waals surface area (Å²) in [5, 5.41) is 1.30. The van der Waals surface area contributed by atoms with Gasteiger partial charge in [0.25, 0.3) is 0 Å². The fourth-order valence-electron chi connectivity index (χ4n) is 4.93. The van der Waals surface area contributed by atoms with E-state index < -0.39 is 5.90 Å². The Labute approximate surface area is 133 Å². The van der Waals surface area contributed by atoms with Crippen LogP contribution >= 0.6 is 5.90 Å². The molecule has 0 amide bonds. The minimum atomic E-state index is -1.99. The molecule has 4 fully saturated rings. The molecule has 0 saturated carbocycles. The third-order valence-electron chi connectivity index (χ3n) is 5.75. The molecule has 0 radical (unpaired) electrons. The molecule has 4 nitrogen and oxygen atoms in total. The predicted octanol–water partition coefficient (Wildman–Crippen LogP) is 1.28. The zero-order valence-corrected chi connectivity index (χ0v) is 15.0. The average Bonchev–Trinajstić information content (AvgIpc) is 3.15. The van der Waals surface area contributed by atoms with Crippen LogP contribution in [0.15, 0.2) is 30.3 Å². The second-order valence-electron chi connectivity index (χ2n) is 6.44. The van der Waals surface area contributed by atoms with Crippen molar-refractivity contribution in [2.45, 2.75) is 5.32 Å². The van der Waals surface area contributed by atoms with Gasteiger partial charge in [-0.1, -0.05) is 0 Å². The molecule has 21 heavy (non-hydrogen) atoms. The van der Waals surface area contributed by atoms with Crippen molar-refractivity contribution in [1.29, 1.82) is 0 Å². The third-order valence-corrected chi connectivity index (χ3v) is 22.1. The molecule has 4 aliphatic heterocycles. The molecule has 4 aliphatic rings. The van der Waals surface area contributed by atoms with Gasteiger partial charge in [0.2, 0.25) is 0 Å². The van der Waals surface area contributed by atoms with Gasteiger partial charge in [-0.2, -0.15) is 0 Å². The molecule has 6 heteroatoms. The van der Waals surface area contributed by atoms with Crippen LogP contribution in [0, 0.1) is 0 Å². The van der Waals surface area contributed by atoms with Gasteiger partial charge in [0.1, 0.15) is 0 Å². The minimum absolute atomic E-state index is 0.660. The van der Waals surface area contributed by atoms with Crippen LogP contribution in [0.4, 0.5) is 0 Å². The first-order valence-corrected chi connectivity index (χ1v) is 13.5. The van der Waals surface area contributed by atoms with Gasteiger partial charge >= 0.3 is 133 Å². The Hall–Kier alpha value is 0.00948. The SMILES string of the molecule is c1ccc(C[Se]P234N5CCN2CCN3CCN4CC5)cc1. The summed E-state index contributed by atoms with van der Waals surface area (Å²) in [4.78, 5) is 0. The first kappa shape index (κ1) is 13.4. The van der Waals surface area contributed by atoms with Gasteiger partial charge in [0.15, 0.2) is 0 Å². The molecule has 0 atom stereocenters. The van der Waals surface area contributed by atoms with Gasteiger partial charge in [0.05, 0.1) is 0 Å². The van der Waals surface area contributed by atoms with Crippen molar-refractivity contribution < 1.29 is 0 Å². The molecule has 0 aromatic heterocycles. The topological polar surface area (TPSA) is 13.0 Å². The van der Waals surface area contributed by atoms with Crippen LogP contribution in [-0.2, 0) is 5.32 Å². The molecule has 5 rings (SSSR count). The first-order chi connectivity index (χ1) is 10.3. The van der Waals surface area contributed by atoms with Crippen LogP contribution < -0.4 is 0 Å². The molecule has 1 aromatic carbocycles. The standard InChI is InChI=1S/C15H23N4PSe/c1-2-4-15(5-3-1)14-21-20-16-6-7-17(20)10-11-19(20)13-12-18(20)9-8-16/h1-5H,6-14H2.